The molecule has 158 valence electrons. The average molecular weight is 426 g/mol. The van der Waals surface area contributed by atoms with Crippen molar-refractivity contribution in [3.63, 3.8) is 0 Å². The lowest BCUT2D eigenvalue weighted by Gasteiger charge is -2.08. The molecule has 2 heterocycles. The molecule has 5 aromatic rings. The summed E-state index contributed by atoms with van der Waals surface area (Å²) in [6.45, 7) is 2.93. The van der Waals surface area contributed by atoms with Gasteiger partial charge in [-0.1, -0.05) is 18.2 Å². The normalized spacial score (nSPS) is 11.2. The third-order valence-electron chi connectivity index (χ3n) is 5.45. The molecule has 0 atom stereocenters. The lowest BCUT2D eigenvalue weighted by atomic mass is 10.1. The van der Waals surface area contributed by atoms with Crippen molar-refractivity contribution in [1.29, 1.82) is 0 Å². The van der Waals surface area contributed by atoms with Crippen LogP contribution in [0.1, 0.15) is 17.3 Å². The van der Waals surface area contributed by atoms with Crippen molar-refractivity contribution in [2.75, 3.05) is 5.32 Å². The maximum atomic E-state index is 12.9. The van der Waals surface area contributed by atoms with Gasteiger partial charge in [0, 0.05) is 45.7 Å². The largest absolute Gasteiger partial charge is 0.341 e. The molecule has 1 N–H and O–H groups in total. The molecule has 0 unspecified atom stereocenters. The van der Waals surface area contributed by atoms with Crippen molar-refractivity contribution in [3.05, 3.63) is 89.0 Å². The number of rotatable bonds is 5. The van der Waals surface area contributed by atoms with E-state index in [0.717, 1.165) is 28.4 Å². The number of hydrogen-bond donors (Lipinski definition) is 1. The smallest absolute Gasteiger partial charge is 0.295 e. The van der Waals surface area contributed by atoms with Gasteiger partial charge in [-0.3, -0.25) is 14.9 Å². The third kappa shape index (κ3) is 3.16. The van der Waals surface area contributed by atoms with Crippen LogP contribution in [-0.2, 0) is 6.54 Å². The highest BCUT2D eigenvalue weighted by Gasteiger charge is 2.20. The van der Waals surface area contributed by atoms with Gasteiger partial charge in [-0.15, -0.1) is 0 Å². The Morgan fingerprint density at radius 3 is 2.62 bits per heavy atom. The number of hydrogen-bond acceptors (Lipinski definition) is 5. The summed E-state index contributed by atoms with van der Waals surface area (Å²) in [6, 6.07) is 18.1. The predicted octanol–water partition coefficient (Wildman–Crippen LogP) is 4.56. The van der Waals surface area contributed by atoms with Crippen LogP contribution in [0, 0.1) is 10.1 Å². The summed E-state index contributed by atoms with van der Waals surface area (Å²) >= 11 is 0. The molecule has 0 saturated carbocycles. The molecule has 1 amide bonds. The fourth-order valence-corrected chi connectivity index (χ4v) is 4.01. The number of para-hydroxylation sites is 1. The number of carbonyl (C=O) groups is 1. The van der Waals surface area contributed by atoms with Crippen LogP contribution < -0.4 is 5.32 Å². The summed E-state index contributed by atoms with van der Waals surface area (Å²) in [4.78, 5) is 27.7. The zero-order valence-electron chi connectivity index (χ0n) is 17.1. The Morgan fingerprint density at radius 1 is 1.06 bits per heavy atom. The second-order valence-corrected chi connectivity index (χ2v) is 7.25. The summed E-state index contributed by atoms with van der Waals surface area (Å²) in [7, 11) is 0. The second-order valence-electron chi connectivity index (χ2n) is 7.25. The van der Waals surface area contributed by atoms with Gasteiger partial charge in [0.05, 0.1) is 4.92 Å². The summed E-state index contributed by atoms with van der Waals surface area (Å²) in [5, 5.41) is 20.5. The molecule has 0 aliphatic heterocycles. The molecule has 0 aliphatic carbocycles. The highest BCUT2D eigenvalue weighted by atomic mass is 16.6. The maximum absolute atomic E-state index is 12.9. The molecular weight excluding hydrogens is 408 g/mol. The Kier molecular flexibility index (Phi) is 4.63. The number of amides is 1. The quantitative estimate of drug-likeness (QED) is 0.327. The van der Waals surface area contributed by atoms with E-state index in [1.807, 2.05) is 30.3 Å². The minimum absolute atomic E-state index is 0.177. The van der Waals surface area contributed by atoms with Gasteiger partial charge in [-0.05, 0) is 43.3 Å². The number of aromatic nitrogens is 4. The zero-order valence-corrected chi connectivity index (χ0v) is 17.1. The highest BCUT2D eigenvalue weighted by molar-refractivity contribution is 6.11. The molecule has 0 saturated heterocycles. The van der Waals surface area contributed by atoms with Crippen molar-refractivity contribution >= 4 is 39.1 Å². The van der Waals surface area contributed by atoms with Crippen molar-refractivity contribution in [2.45, 2.75) is 13.5 Å². The molecule has 5 rings (SSSR count). The Labute approximate surface area is 182 Å². The number of anilines is 1. The summed E-state index contributed by atoms with van der Waals surface area (Å²) < 4.78 is 3.51. The first kappa shape index (κ1) is 19.4. The van der Waals surface area contributed by atoms with Gasteiger partial charge in [-0.2, -0.15) is 5.10 Å². The minimum Gasteiger partial charge on any atom is -0.341 e. The van der Waals surface area contributed by atoms with Crippen molar-refractivity contribution < 1.29 is 9.72 Å². The highest BCUT2D eigenvalue weighted by Crippen LogP contribution is 2.31. The number of carbonyl (C=O) groups excluding carboxylic acids is 1. The fourth-order valence-electron chi connectivity index (χ4n) is 4.01. The van der Waals surface area contributed by atoms with E-state index < -0.39 is 10.8 Å². The molecule has 0 spiro atoms. The topological polar surface area (TPSA) is 108 Å². The monoisotopic (exact) mass is 426 g/mol. The van der Waals surface area contributed by atoms with Crippen LogP contribution in [0.4, 0.5) is 11.4 Å². The summed E-state index contributed by atoms with van der Waals surface area (Å²) in [5.41, 5.74) is 3.01. The Bertz CT molecular complexity index is 1490. The van der Waals surface area contributed by atoms with Crippen LogP contribution >= 0.6 is 0 Å². The van der Waals surface area contributed by atoms with E-state index in [4.69, 9.17) is 0 Å². The maximum Gasteiger partial charge on any atom is 0.295 e. The van der Waals surface area contributed by atoms with E-state index in [1.54, 1.807) is 0 Å². The first-order chi connectivity index (χ1) is 15.6. The number of nitrogens with zero attached hydrogens (tertiary/aromatic N) is 5. The van der Waals surface area contributed by atoms with E-state index in [1.165, 1.54) is 35.5 Å². The molecule has 2 aromatic heterocycles. The van der Waals surface area contributed by atoms with Crippen LogP contribution in [0.25, 0.3) is 27.5 Å². The Balaban J connectivity index is 1.50. The third-order valence-corrected chi connectivity index (χ3v) is 5.45. The van der Waals surface area contributed by atoms with Gasteiger partial charge in [0.25, 0.3) is 11.6 Å². The van der Waals surface area contributed by atoms with Gasteiger partial charge in [0.15, 0.2) is 0 Å². The first-order valence-electron chi connectivity index (χ1n) is 10.0. The molecule has 9 nitrogen and oxygen atoms in total. The predicted molar refractivity (Wildman–Crippen MR) is 121 cm³/mol. The number of nitro benzene ring substituents is 1. The zero-order chi connectivity index (χ0) is 22.2. The van der Waals surface area contributed by atoms with Gasteiger partial charge in [0.2, 0.25) is 0 Å². The second kappa shape index (κ2) is 7.62. The lowest BCUT2D eigenvalue weighted by molar-refractivity contribution is -0.384. The van der Waals surface area contributed by atoms with Crippen molar-refractivity contribution in [3.8, 4) is 5.69 Å². The molecule has 0 fully saturated rings. The van der Waals surface area contributed by atoms with Gasteiger partial charge >= 0.3 is 0 Å². The van der Waals surface area contributed by atoms with Gasteiger partial charge in [0.1, 0.15) is 18.3 Å². The summed E-state index contributed by atoms with van der Waals surface area (Å²) in [5.74, 6) is -0.433. The standard InChI is InChI=1S/C23H18N6O3/c1-2-27-19-6-4-3-5-17(19)18-12-16(8-10-20(18)27)26-23(30)15-7-9-21(22(11-15)29(31)32)28-14-24-13-25-28/h3-14H,2H2,1H3,(H,26,30). The van der Waals surface area contributed by atoms with E-state index in [-0.39, 0.29) is 16.9 Å². The van der Waals surface area contributed by atoms with E-state index >= 15 is 0 Å². The Hall–Kier alpha value is -4.53. The molecule has 9 heteroatoms. The molecule has 0 aliphatic rings. The minimum atomic E-state index is -0.542. The summed E-state index contributed by atoms with van der Waals surface area (Å²) in [6.07, 6.45) is 2.65. The SMILES string of the molecule is CCn1c2ccccc2c2cc(NC(=O)c3ccc(-n4cncn4)c([N+](=O)[O-])c3)ccc21. The van der Waals surface area contributed by atoms with Crippen LogP contribution in [0.15, 0.2) is 73.3 Å². The van der Waals surface area contributed by atoms with Crippen molar-refractivity contribution in [1.82, 2.24) is 19.3 Å². The van der Waals surface area contributed by atoms with Crippen molar-refractivity contribution in [2.24, 2.45) is 0 Å². The van der Waals surface area contributed by atoms with Gasteiger partial charge in [-0.25, -0.2) is 9.67 Å². The number of fused-ring (bicyclic) bond motifs is 3. The van der Waals surface area contributed by atoms with E-state index in [9.17, 15) is 14.9 Å². The lowest BCUT2D eigenvalue weighted by Crippen LogP contribution is -2.13. The Morgan fingerprint density at radius 2 is 1.88 bits per heavy atom. The van der Waals surface area contributed by atoms with E-state index in [2.05, 4.69) is 39.0 Å². The van der Waals surface area contributed by atoms with Crippen LogP contribution in [0.5, 0.6) is 0 Å². The number of benzene rings is 3. The van der Waals surface area contributed by atoms with Gasteiger partial charge < -0.3 is 9.88 Å². The number of aryl methyl sites for hydroxylation is 1. The van der Waals surface area contributed by atoms with Crippen LogP contribution in [0.3, 0.4) is 0 Å². The van der Waals surface area contributed by atoms with Crippen LogP contribution in [-0.4, -0.2) is 30.2 Å². The first-order valence-corrected chi connectivity index (χ1v) is 10.0. The molecule has 0 radical (unpaired) electrons. The average Bonchev–Trinajstić information content (AvgIpc) is 3.45. The fraction of sp³-hybridized carbons (Fsp3) is 0.0870. The van der Waals surface area contributed by atoms with E-state index in [0.29, 0.717) is 5.69 Å². The molecule has 32 heavy (non-hydrogen) atoms. The number of nitro groups is 1. The molecular formula is C23H18N6O3. The molecule has 3 aromatic carbocycles. The molecule has 0 bridgehead atoms. The van der Waals surface area contributed by atoms with Crippen LogP contribution in [0.2, 0.25) is 0 Å². The number of nitrogens with one attached hydrogen (secondary N) is 1.